The molecule has 0 radical (unpaired) electrons. The Bertz CT molecular complexity index is 532. The number of para-hydroxylation sites is 1. The van der Waals surface area contributed by atoms with Crippen LogP contribution in [0.25, 0.3) is 0 Å². The van der Waals surface area contributed by atoms with Crippen LogP contribution in [0.15, 0.2) is 29.2 Å². The molecule has 0 unspecified atom stereocenters. The highest BCUT2D eigenvalue weighted by Gasteiger charge is 2.28. The van der Waals surface area contributed by atoms with Crippen molar-refractivity contribution in [2.24, 2.45) is 0 Å². The van der Waals surface area contributed by atoms with Crippen LogP contribution in [-0.4, -0.2) is 33.7 Å². The van der Waals surface area contributed by atoms with Crippen LogP contribution in [0, 0.1) is 0 Å². The Balaban J connectivity index is 3.04. The van der Waals surface area contributed by atoms with E-state index in [0.717, 1.165) is 6.07 Å². The molecule has 0 atom stereocenters. The minimum absolute atomic E-state index is 0.0265. The summed E-state index contributed by atoms with van der Waals surface area (Å²) < 4.78 is 47.6. The zero-order valence-electron chi connectivity index (χ0n) is 9.48. The molecule has 0 spiro atoms. The maximum absolute atomic E-state index is 12.4. The summed E-state index contributed by atoms with van der Waals surface area (Å²) in [6.07, 6.45) is 0. The number of hydrogen-bond acceptors (Lipinski definition) is 4. The van der Waals surface area contributed by atoms with Crippen LogP contribution >= 0.6 is 0 Å². The van der Waals surface area contributed by atoms with E-state index in [4.69, 9.17) is 0 Å². The van der Waals surface area contributed by atoms with Gasteiger partial charge in [-0.2, -0.15) is 8.78 Å². The molecule has 1 rings (SSSR count). The zero-order chi connectivity index (χ0) is 13.8. The van der Waals surface area contributed by atoms with Crippen molar-refractivity contribution in [2.75, 3.05) is 18.9 Å². The molecular weight excluding hydrogens is 266 g/mol. The predicted molar refractivity (Wildman–Crippen MR) is 62.2 cm³/mol. The topological polar surface area (TPSA) is 75.3 Å². The molecule has 0 saturated carbocycles. The van der Waals surface area contributed by atoms with Crippen molar-refractivity contribution in [1.82, 2.24) is 5.32 Å². The van der Waals surface area contributed by atoms with Crippen LogP contribution in [0.4, 0.5) is 14.5 Å². The van der Waals surface area contributed by atoms with E-state index in [2.05, 4.69) is 10.6 Å². The van der Waals surface area contributed by atoms with Gasteiger partial charge in [0, 0.05) is 7.05 Å². The van der Waals surface area contributed by atoms with Crippen LogP contribution in [0.1, 0.15) is 0 Å². The molecule has 0 fully saturated rings. The Morgan fingerprint density at radius 2 is 1.94 bits per heavy atom. The molecule has 0 saturated heterocycles. The first-order chi connectivity index (χ1) is 8.39. The van der Waals surface area contributed by atoms with Crippen molar-refractivity contribution in [1.29, 1.82) is 0 Å². The zero-order valence-corrected chi connectivity index (χ0v) is 10.3. The summed E-state index contributed by atoms with van der Waals surface area (Å²) in [6, 6.07) is 5.20. The second-order valence-electron chi connectivity index (χ2n) is 3.33. The van der Waals surface area contributed by atoms with Gasteiger partial charge >= 0.3 is 5.76 Å². The Hall–Kier alpha value is -1.70. The van der Waals surface area contributed by atoms with Crippen LogP contribution in [0.3, 0.4) is 0 Å². The van der Waals surface area contributed by atoms with Crippen LogP contribution < -0.4 is 10.6 Å². The lowest BCUT2D eigenvalue weighted by Crippen LogP contribution is -2.27. The molecule has 1 aromatic carbocycles. The minimum atomic E-state index is -4.69. The third-order valence-corrected chi connectivity index (χ3v) is 3.58. The molecule has 18 heavy (non-hydrogen) atoms. The predicted octanol–water partition coefficient (Wildman–Crippen LogP) is 0.841. The number of amides is 1. The summed E-state index contributed by atoms with van der Waals surface area (Å²) in [5, 5.41) is 4.82. The molecule has 8 heteroatoms. The Kier molecular flexibility index (Phi) is 4.60. The second kappa shape index (κ2) is 5.76. The monoisotopic (exact) mass is 278 g/mol. The van der Waals surface area contributed by atoms with Crippen molar-refractivity contribution >= 4 is 21.4 Å². The standard InChI is InChI=1S/C10H12F2N2O3S/c1-13-9(15)6-14-7-4-2-3-5-8(7)18(16,17)10(11)12/h2-5,10,14H,6H2,1H3,(H,13,15). The van der Waals surface area contributed by atoms with Gasteiger partial charge in [0.1, 0.15) is 0 Å². The summed E-state index contributed by atoms with van der Waals surface area (Å²) in [7, 11) is -3.28. The minimum Gasteiger partial charge on any atom is -0.375 e. The third-order valence-electron chi connectivity index (χ3n) is 2.15. The van der Waals surface area contributed by atoms with Crippen molar-refractivity contribution < 1.29 is 22.0 Å². The van der Waals surface area contributed by atoms with Crippen molar-refractivity contribution in [3.8, 4) is 0 Å². The molecular formula is C10H12F2N2O3S. The largest absolute Gasteiger partial charge is 0.375 e. The van der Waals surface area contributed by atoms with Crippen molar-refractivity contribution in [3.05, 3.63) is 24.3 Å². The highest BCUT2D eigenvalue weighted by Crippen LogP contribution is 2.25. The number of rotatable bonds is 5. The van der Waals surface area contributed by atoms with Crippen LogP contribution in [-0.2, 0) is 14.6 Å². The summed E-state index contributed by atoms with van der Waals surface area (Å²) in [5.74, 6) is -3.89. The fourth-order valence-electron chi connectivity index (χ4n) is 1.22. The van der Waals surface area contributed by atoms with Gasteiger partial charge in [0.2, 0.25) is 15.7 Å². The average Bonchev–Trinajstić information content (AvgIpc) is 2.35. The maximum Gasteiger partial charge on any atom is 0.341 e. The number of hydrogen-bond donors (Lipinski definition) is 2. The molecule has 2 N–H and O–H groups in total. The third kappa shape index (κ3) is 3.16. The first-order valence-electron chi connectivity index (χ1n) is 4.95. The molecule has 100 valence electrons. The second-order valence-corrected chi connectivity index (χ2v) is 5.21. The van der Waals surface area contributed by atoms with E-state index in [1.807, 2.05) is 0 Å². The number of halogens is 2. The summed E-state index contributed by atoms with van der Waals surface area (Å²) in [6.45, 7) is -0.202. The average molecular weight is 278 g/mol. The van der Waals surface area contributed by atoms with Gasteiger partial charge in [0.05, 0.1) is 17.1 Å². The lowest BCUT2D eigenvalue weighted by molar-refractivity contribution is -0.118. The van der Waals surface area contributed by atoms with Crippen molar-refractivity contribution in [3.63, 3.8) is 0 Å². The van der Waals surface area contributed by atoms with Gasteiger partial charge in [0.25, 0.3) is 0 Å². The van der Waals surface area contributed by atoms with Gasteiger partial charge in [0.15, 0.2) is 0 Å². The van der Waals surface area contributed by atoms with Crippen molar-refractivity contribution in [2.45, 2.75) is 10.7 Å². The van der Waals surface area contributed by atoms with Gasteiger partial charge in [-0.05, 0) is 12.1 Å². The lowest BCUT2D eigenvalue weighted by atomic mass is 10.3. The number of anilines is 1. The number of nitrogens with one attached hydrogen (secondary N) is 2. The molecule has 0 aliphatic heterocycles. The van der Waals surface area contributed by atoms with E-state index in [-0.39, 0.29) is 18.1 Å². The fourth-order valence-corrected chi connectivity index (χ4v) is 2.13. The molecule has 0 aliphatic rings. The highest BCUT2D eigenvalue weighted by molar-refractivity contribution is 7.91. The van der Waals surface area contributed by atoms with Crippen LogP contribution in [0.2, 0.25) is 0 Å². The molecule has 5 nitrogen and oxygen atoms in total. The maximum atomic E-state index is 12.4. The highest BCUT2D eigenvalue weighted by atomic mass is 32.2. The number of alkyl halides is 2. The van der Waals surface area contributed by atoms with Gasteiger partial charge in [-0.3, -0.25) is 4.79 Å². The van der Waals surface area contributed by atoms with Gasteiger partial charge in [-0.25, -0.2) is 8.42 Å². The molecule has 0 bridgehead atoms. The van der Waals surface area contributed by atoms with Gasteiger partial charge in [-0.1, -0.05) is 12.1 Å². The lowest BCUT2D eigenvalue weighted by Gasteiger charge is -2.11. The van der Waals surface area contributed by atoms with E-state index < -0.39 is 20.5 Å². The number of carbonyl (C=O) groups excluding carboxylic acids is 1. The normalized spacial score (nSPS) is 11.3. The Morgan fingerprint density at radius 3 is 2.50 bits per heavy atom. The molecule has 0 aliphatic carbocycles. The van der Waals surface area contributed by atoms with Crippen LogP contribution in [0.5, 0.6) is 0 Å². The quantitative estimate of drug-likeness (QED) is 0.837. The Labute approximate surface area is 103 Å². The summed E-state index contributed by atoms with van der Waals surface area (Å²) >= 11 is 0. The Morgan fingerprint density at radius 1 is 1.33 bits per heavy atom. The van der Waals surface area contributed by atoms with Gasteiger partial charge in [-0.15, -0.1) is 0 Å². The summed E-state index contributed by atoms with van der Waals surface area (Å²) in [4.78, 5) is 10.5. The van der Waals surface area contributed by atoms with E-state index in [1.165, 1.54) is 25.2 Å². The first kappa shape index (κ1) is 14.4. The fraction of sp³-hybridized carbons (Fsp3) is 0.300. The van der Waals surface area contributed by atoms with E-state index in [1.54, 1.807) is 0 Å². The number of likely N-dealkylation sites (N-methyl/N-ethyl adjacent to an activating group) is 1. The molecule has 0 aromatic heterocycles. The number of benzene rings is 1. The number of sulfone groups is 1. The molecule has 1 aromatic rings. The molecule has 1 amide bonds. The smallest absolute Gasteiger partial charge is 0.341 e. The van der Waals surface area contributed by atoms with E-state index >= 15 is 0 Å². The van der Waals surface area contributed by atoms with E-state index in [0.29, 0.717) is 0 Å². The van der Waals surface area contributed by atoms with E-state index in [9.17, 15) is 22.0 Å². The van der Waals surface area contributed by atoms with Gasteiger partial charge < -0.3 is 10.6 Å². The molecule has 0 heterocycles. The SMILES string of the molecule is CNC(=O)CNc1ccccc1S(=O)(=O)C(F)F. The first-order valence-corrected chi connectivity index (χ1v) is 6.49. The number of carbonyl (C=O) groups is 1. The summed E-state index contributed by atoms with van der Waals surface area (Å²) in [5.41, 5.74) is -0.0265.